The summed E-state index contributed by atoms with van der Waals surface area (Å²) in [5.74, 6) is 1.17. The molecule has 1 N–H and O–H groups in total. The first-order valence-electron chi connectivity index (χ1n) is 7.89. The molecule has 0 spiro atoms. The first-order chi connectivity index (χ1) is 9.86. The Morgan fingerprint density at radius 1 is 1.20 bits per heavy atom. The predicted octanol–water partition coefficient (Wildman–Crippen LogP) is 5.28. The molecule has 0 aromatic heterocycles. The predicted molar refractivity (Wildman–Crippen MR) is 92.5 cm³/mol. The van der Waals surface area contributed by atoms with Crippen LogP contribution in [0.15, 0.2) is 47.9 Å². The first kappa shape index (κ1) is 17.3. The van der Waals surface area contributed by atoms with Crippen molar-refractivity contribution in [2.24, 2.45) is 0 Å². The standard InChI is InChI=1S/C18H29NS/c1-3-5-6-7-9-12-17(19-15-4-2)16-20-18-13-10-8-11-14-18/h3,8,10-11,13-14,17,19H,1,4-7,9,12,15-16H2,2H3. The minimum atomic E-state index is 0.642. The smallest absolute Gasteiger partial charge is 0.0161 e. The van der Waals surface area contributed by atoms with E-state index < -0.39 is 0 Å². The van der Waals surface area contributed by atoms with Gasteiger partial charge in [-0.05, 0) is 44.4 Å². The van der Waals surface area contributed by atoms with E-state index in [2.05, 4.69) is 49.2 Å². The van der Waals surface area contributed by atoms with Gasteiger partial charge in [0, 0.05) is 16.7 Å². The molecule has 112 valence electrons. The van der Waals surface area contributed by atoms with E-state index in [0.29, 0.717) is 6.04 Å². The van der Waals surface area contributed by atoms with Gasteiger partial charge in [-0.1, -0.05) is 44.0 Å². The van der Waals surface area contributed by atoms with Crippen molar-refractivity contribution in [2.45, 2.75) is 56.4 Å². The zero-order chi connectivity index (χ0) is 14.5. The summed E-state index contributed by atoms with van der Waals surface area (Å²) in [5.41, 5.74) is 0. The molecule has 0 bridgehead atoms. The number of nitrogens with one attached hydrogen (secondary N) is 1. The largest absolute Gasteiger partial charge is 0.313 e. The lowest BCUT2D eigenvalue weighted by Gasteiger charge is -2.18. The lowest BCUT2D eigenvalue weighted by molar-refractivity contribution is 0.490. The van der Waals surface area contributed by atoms with E-state index >= 15 is 0 Å². The Bertz CT molecular complexity index is 337. The van der Waals surface area contributed by atoms with Crippen LogP contribution in [-0.2, 0) is 0 Å². The van der Waals surface area contributed by atoms with Gasteiger partial charge in [0.25, 0.3) is 0 Å². The summed E-state index contributed by atoms with van der Waals surface area (Å²) < 4.78 is 0. The minimum Gasteiger partial charge on any atom is -0.313 e. The summed E-state index contributed by atoms with van der Waals surface area (Å²) in [4.78, 5) is 1.38. The van der Waals surface area contributed by atoms with Crippen molar-refractivity contribution in [3.05, 3.63) is 43.0 Å². The molecular weight excluding hydrogens is 262 g/mol. The topological polar surface area (TPSA) is 12.0 Å². The highest BCUT2D eigenvalue weighted by molar-refractivity contribution is 7.99. The summed E-state index contributed by atoms with van der Waals surface area (Å²) in [5, 5.41) is 3.69. The minimum absolute atomic E-state index is 0.642. The van der Waals surface area contributed by atoms with Gasteiger partial charge in [0.15, 0.2) is 0 Å². The van der Waals surface area contributed by atoms with Crippen molar-refractivity contribution in [1.82, 2.24) is 5.32 Å². The number of unbranched alkanes of at least 4 members (excludes halogenated alkanes) is 3. The second kappa shape index (κ2) is 12.0. The summed E-state index contributed by atoms with van der Waals surface area (Å²) in [6.07, 6.45) is 9.62. The maximum absolute atomic E-state index is 3.78. The third kappa shape index (κ3) is 8.44. The van der Waals surface area contributed by atoms with Crippen LogP contribution in [-0.4, -0.2) is 18.3 Å². The van der Waals surface area contributed by atoms with Gasteiger partial charge in [-0.25, -0.2) is 0 Å². The zero-order valence-electron chi connectivity index (χ0n) is 12.8. The quantitative estimate of drug-likeness (QED) is 0.319. The molecule has 0 aliphatic heterocycles. The molecule has 1 aromatic carbocycles. The van der Waals surface area contributed by atoms with Gasteiger partial charge in [0.2, 0.25) is 0 Å². The molecule has 1 atom stereocenters. The Kier molecular flexibility index (Phi) is 10.4. The van der Waals surface area contributed by atoms with Crippen LogP contribution >= 0.6 is 11.8 Å². The molecular formula is C18H29NS. The lowest BCUT2D eigenvalue weighted by Crippen LogP contribution is -2.31. The number of hydrogen-bond donors (Lipinski definition) is 1. The van der Waals surface area contributed by atoms with Gasteiger partial charge < -0.3 is 5.32 Å². The van der Waals surface area contributed by atoms with Crippen LogP contribution in [0, 0.1) is 0 Å². The number of hydrogen-bond acceptors (Lipinski definition) is 2. The van der Waals surface area contributed by atoms with Crippen LogP contribution in [0.1, 0.15) is 45.4 Å². The summed E-state index contributed by atoms with van der Waals surface area (Å²) >= 11 is 1.97. The molecule has 0 radical (unpaired) electrons. The molecule has 2 heteroatoms. The maximum Gasteiger partial charge on any atom is 0.0161 e. The molecule has 0 aliphatic carbocycles. The summed E-state index contributed by atoms with van der Waals surface area (Å²) in [7, 11) is 0. The van der Waals surface area contributed by atoms with E-state index in [9.17, 15) is 0 Å². The van der Waals surface area contributed by atoms with Crippen LogP contribution in [0.2, 0.25) is 0 Å². The van der Waals surface area contributed by atoms with E-state index in [0.717, 1.165) is 13.0 Å². The molecule has 0 amide bonds. The molecule has 0 saturated carbocycles. The average molecular weight is 292 g/mol. The van der Waals surface area contributed by atoms with Crippen LogP contribution in [0.25, 0.3) is 0 Å². The Labute approximate surface area is 129 Å². The highest BCUT2D eigenvalue weighted by Gasteiger charge is 2.08. The first-order valence-corrected chi connectivity index (χ1v) is 8.87. The molecule has 20 heavy (non-hydrogen) atoms. The molecule has 1 rings (SSSR count). The number of rotatable bonds is 12. The summed E-state index contributed by atoms with van der Waals surface area (Å²) in [6, 6.07) is 11.4. The van der Waals surface area contributed by atoms with Crippen molar-refractivity contribution >= 4 is 11.8 Å². The highest BCUT2D eigenvalue weighted by Crippen LogP contribution is 2.20. The molecule has 0 fully saturated rings. The van der Waals surface area contributed by atoms with E-state index in [1.807, 2.05) is 17.8 Å². The molecule has 1 unspecified atom stereocenters. The van der Waals surface area contributed by atoms with Crippen molar-refractivity contribution in [3.63, 3.8) is 0 Å². The van der Waals surface area contributed by atoms with Crippen molar-refractivity contribution in [3.8, 4) is 0 Å². The van der Waals surface area contributed by atoms with Gasteiger partial charge in [-0.2, -0.15) is 0 Å². The van der Waals surface area contributed by atoms with E-state index in [1.165, 1.54) is 42.8 Å². The fourth-order valence-electron chi connectivity index (χ4n) is 2.16. The molecule has 0 aliphatic rings. The Balaban J connectivity index is 2.25. The normalized spacial score (nSPS) is 12.2. The third-order valence-corrected chi connectivity index (χ3v) is 4.51. The fourth-order valence-corrected chi connectivity index (χ4v) is 3.19. The van der Waals surface area contributed by atoms with E-state index in [4.69, 9.17) is 0 Å². The van der Waals surface area contributed by atoms with Crippen LogP contribution in [0.3, 0.4) is 0 Å². The lowest BCUT2D eigenvalue weighted by atomic mass is 10.1. The summed E-state index contributed by atoms with van der Waals surface area (Å²) in [6.45, 7) is 7.15. The SMILES string of the molecule is C=CCCCCCC(CSc1ccccc1)NCCC. The van der Waals surface area contributed by atoms with Crippen LogP contribution in [0.5, 0.6) is 0 Å². The van der Waals surface area contributed by atoms with Gasteiger partial charge in [-0.15, -0.1) is 18.3 Å². The van der Waals surface area contributed by atoms with Crippen molar-refractivity contribution in [2.75, 3.05) is 12.3 Å². The van der Waals surface area contributed by atoms with Gasteiger partial charge >= 0.3 is 0 Å². The average Bonchev–Trinajstić information content (AvgIpc) is 2.50. The molecule has 1 aromatic rings. The second-order valence-electron chi connectivity index (χ2n) is 5.20. The Morgan fingerprint density at radius 3 is 2.70 bits per heavy atom. The highest BCUT2D eigenvalue weighted by atomic mass is 32.2. The molecule has 0 saturated heterocycles. The number of thioether (sulfide) groups is 1. The van der Waals surface area contributed by atoms with Crippen LogP contribution in [0.4, 0.5) is 0 Å². The van der Waals surface area contributed by atoms with Crippen molar-refractivity contribution < 1.29 is 0 Å². The second-order valence-corrected chi connectivity index (χ2v) is 6.30. The monoisotopic (exact) mass is 291 g/mol. The van der Waals surface area contributed by atoms with Crippen LogP contribution < -0.4 is 5.32 Å². The fraction of sp³-hybridized carbons (Fsp3) is 0.556. The zero-order valence-corrected chi connectivity index (χ0v) is 13.6. The number of benzene rings is 1. The third-order valence-electron chi connectivity index (χ3n) is 3.34. The van der Waals surface area contributed by atoms with Crippen molar-refractivity contribution in [1.29, 1.82) is 0 Å². The Hall–Kier alpha value is -0.730. The molecule has 0 heterocycles. The Morgan fingerprint density at radius 2 is 2.00 bits per heavy atom. The van der Waals surface area contributed by atoms with Gasteiger partial charge in [0.05, 0.1) is 0 Å². The number of allylic oxidation sites excluding steroid dienone is 1. The van der Waals surface area contributed by atoms with E-state index in [1.54, 1.807) is 0 Å². The van der Waals surface area contributed by atoms with Gasteiger partial charge in [-0.3, -0.25) is 0 Å². The van der Waals surface area contributed by atoms with Gasteiger partial charge in [0.1, 0.15) is 0 Å². The molecule has 1 nitrogen and oxygen atoms in total. The maximum atomic E-state index is 3.78. The van der Waals surface area contributed by atoms with E-state index in [-0.39, 0.29) is 0 Å².